The van der Waals surface area contributed by atoms with Crippen molar-refractivity contribution in [2.24, 2.45) is 0 Å². The van der Waals surface area contributed by atoms with E-state index in [1.54, 1.807) is 6.20 Å². The van der Waals surface area contributed by atoms with Crippen molar-refractivity contribution < 1.29 is 4.52 Å². The molecule has 0 atom stereocenters. The number of aryl methyl sites for hydroxylation is 1. The van der Waals surface area contributed by atoms with Crippen molar-refractivity contribution in [2.45, 2.75) is 13.3 Å². The summed E-state index contributed by atoms with van der Waals surface area (Å²) in [4.78, 5) is 8.45. The summed E-state index contributed by atoms with van der Waals surface area (Å²) in [7, 11) is 0. The predicted octanol–water partition coefficient (Wildman–Crippen LogP) is 2.36. The van der Waals surface area contributed by atoms with Crippen LogP contribution in [0.4, 0.5) is 0 Å². The lowest BCUT2D eigenvalue weighted by Gasteiger charge is -2.00. The van der Waals surface area contributed by atoms with E-state index >= 15 is 0 Å². The van der Waals surface area contributed by atoms with Gasteiger partial charge < -0.3 is 4.52 Å². The van der Waals surface area contributed by atoms with Crippen LogP contribution in [0.25, 0.3) is 11.5 Å². The molecule has 72 valence electrons. The zero-order chi connectivity index (χ0) is 9.97. The Morgan fingerprint density at radius 3 is 3.07 bits per heavy atom. The van der Waals surface area contributed by atoms with E-state index in [1.165, 1.54) is 0 Å². The van der Waals surface area contributed by atoms with E-state index in [4.69, 9.17) is 16.7 Å². The number of nitrogens with one attached hydrogen (secondary N) is 1. The molecule has 2 rings (SSSR count). The Morgan fingerprint density at radius 1 is 1.57 bits per heavy atom. The highest BCUT2D eigenvalue weighted by Crippen LogP contribution is 2.17. The average Bonchev–Trinajstić information content (AvgIpc) is 2.65. The fraction of sp³-hybridized carbons (Fsp3) is 0.222. The lowest BCUT2D eigenvalue weighted by atomic mass is 10.1. The maximum Gasteiger partial charge on any atom is 0.314 e. The molecule has 0 aliphatic carbocycles. The Bertz CT molecular complexity index is 489. The normalized spacial score (nSPS) is 10.4. The first-order valence-electron chi connectivity index (χ1n) is 4.31. The highest BCUT2D eigenvalue weighted by atomic mass is 32.1. The topological polar surface area (TPSA) is 54.7 Å². The number of H-pyrrole nitrogens is 1. The summed E-state index contributed by atoms with van der Waals surface area (Å²) in [5.74, 6) is 0.590. The first kappa shape index (κ1) is 9.08. The van der Waals surface area contributed by atoms with Crippen molar-refractivity contribution in [1.29, 1.82) is 0 Å². The molecule has 0 aliphatic heterocycles. The molecule has 2 heterocycles. The fourth-order valence-corrected chi connectivity index (χ4v) is 1.40. The van der Waals surface area contributed by atoms with Gasteiger partial charge in [0.2, 0.25) is 0 Å². The van der Waals surface area contributed by atoms with Gasteiger partial charge in [0.15, 0.2) is 5.82 Å². The SMILES string of the molecule is CCc1cccnc1-c1nc(=S)o[nH]1. The molecule has 0 saturated heterocycles. The molecule has 0 aliphatic rings. The van der Waals surface area contributed by atoms with Gasteiger partial charge in [0, 0.05) is 6.20 Å². The Kier molecular flexibility index (Phi) is 2.41. The van der Waals surface area contributed by atoms with Gasteiger partial charge in [-0.2, -0.15) is 10.1 Å². The standard InChI is InChI=1S/C9H9N3OS/c1-2-6-4-3-5-10-7(6)8-11-9(14)13-12-8/h3-5H,2H2,1H3,(H,11,12,14). The average molecular weight is 207 g/mol. The number of pyridine rings is 1. The number of hydrogen-bond donors (Lipinski definition) is 1. The molecule has 0 aromatic carbocycles. The Hall–Kier alpha value is -1.49. The van der Waals surface area contributed by atoms with Gasteiger partial charge in [-0.25, -0.2) is 0 Å². The van der Waals surface area contributed by atoms with E-state index in [9.17, 15) is 0 Å². The van der Waals surface area contributed by atoms with Gasteiger partial charge in [-0.3, -0.25) is 4.98 Å². The van der Waals surface area contributed by atoms with Crippen molar-refractivity contribution in [3.8, 4) is 11.5 Å². The van der Waals surface area contributed by atoms with Crippen molar-refractivity contribution in [1.82, 2.24) is 15.1 Å². The van der Waals surface area contributed by atoms with E-state index in [-0.39, 0.29) is 4.84 Å². The summed E-state index contributed by atoms with van der Waals surface area (Å²) in [5.41, 5.74) is 1.92. The Balaban J connectivity index is 2.55. The lowest BCUT2D eigenvalue weighted by molar-refractivity contribution is 0.406. The van der Waals surface area contributed by atoms with Gasteiger partial charge in [-0.1, -0.05) is 13.0 Å². The van der Waals surface area contributed by atoms with Crippen LogP contribution < -0.4 is 0 Å². The molecule has 5 heteroatoms. The first-order chi connectivity index (χ1) is 6.81. The van der Waals surface area contributed by atoms with Gasteiger partial charge in [0.05, 0.1) is 0 Å². The molecule has 0 radical (unpaired) electrons. The van der Waals surface area contributed by atoms with Crippen LogP contribution in [0.15, 0.2) is 22.9 Å². The summed E-state index contributed by atoms with van der Waals surface area (Å²) in [6.07, 6.45) is 2.62. The molecule has 0 spiro atoms. The van der Waals surface area contributed by atoms with E-state index in [0.29, 0.717) is 5.82 Å². The fourth-order valence-electron chi connectivity index (χ4n) is 1.27. The molecule has 0 fully saturated rings. The third kappa shape index (κ3) is 1.58. The molecule has 4 nitrogen and oxygen atoms in total. The summed E-state index contributed by atoms with van der Waals surface area (Å²) >= 11 is 4.78. The minimum atomic E-state index is 0.202. The van der Waals surface area contributed by atoms with E-state index in [2.05, 4.69) is 22.0 Å². The van der Waals surface area contributed by atoms with Crippen LogP contribution in [0.1, 0.15) is 12.5 Å². The molecule has 0 saturated carbocycles. The largest absolute Gasteiger partial charge is 0.348 e. The van der Waals surface area contributed by atoms with Crippen LogP contribution in [0, 0.1) is 4.84 Å². The number of nitrogens with zero attached hydrogens (tertiary/aromatic N) is 2. The Labute approximate surface area is 86.0 Å². The van der Waals surface area contributed by atoms with Crippen LogP contribution in [0.3, 0.4) is 0 Å². The molecule has 0 amide bonds. The minimum Gasteiger partial charge on any atom is -0.348 e. The second-order valence-electron chi connectivity index (χ2n) is 2.80. The van der Waals surface area contributed by atoms with Crippen LogP contribution in [0.2, 0.25) is 0 Å². The molecule has 1 N–H and O–H groups in total. The molecule has 0 bridgehead atoms. The zero-order valence-electron chi connectivity index (χ0n) is 7.65. The van der Waals surface area contributed by atoms with Crippen LogP contribution in [-0.4, -0.2) is 15.1 Å². The molecular weight excluding hydrogens is 198 g/mol. The third-order valence-electron chi connectivity index (χ3n) is 1.93. The third-order valence-corrected chi connectivity index (χ3v) is 2.11. The molecule has 0 unspecified atom stereocenters. The molecule has 2 aromatic rings. The van der Waals surface area contributed by atoms with Gasteiger partial charge in [0.1, 0.15) is 5.69 Å². The second kappa shape index (κ2) is 3.71. The van der Waals surface area contributed by atoms with Gasteiger partial charge in [0.25, 0.3) is 0 Å². The molecular formula is C9H9N3OS. The minimum absolute atomic E-state index is 0.202. The number of rotatable bonds is 2. The monoisotopic (exact) mass is 207 g/mol. The smallest absolute Gasteiger partial charge is 0.314 e. The molecule has 2 aromatic heterocycles. The van der Waals surface area contributed by atoms with Crippen molar-refractivity contribution in [3.05, 3.63) is 28.7 Å². The van der Waals surface area contributed by atoms with E-state index in [0.717, 1.165) is 17.7 Å². The highest BCUT2D eigenvalue weighted by molar-refractivity contribution is 7.71. The summed E-state index contributed by atoms with van der Waals surface area (Å²) in [6, 6.07) is 3.91. The van der Waals surface area contributed by atoms with Crippen LogP contribution >= 0.6 is 12.2 Å². The first-order valence-corrected chi connectivity index (χ1v) is 4.72. The maximum absolute atomic E-state index is 4.86. The predicted molar refractivity (Wildman–Crippen MR) is 54.3 cm³/mol. The van der Waals surface area contributed by atoms with Crippen molar-refractivity contribution in [3.63, 3.8) is 0 Å². The summed E-state index contributed by atoms with van der Waals surface area (Å²) in [5, 5.41) is 2.64. The van der Waals surface area contributed by atoms with Gasteiger partial charge in [-0.05, 0) is 30.3 Å². The Morgan fingerprint density at radius 2 is 2.43 bits per heavy atom. The molecule has 14 heavy (non-hydrogen) atoms. The lowest BCUT2D eigenvalue weighted by Crippen LogP contribution is -1.92. The quantitative estimate of drug-likeness (QED) is 0.768. The van der Waals surface area contributed by atoms with E-state index in [1.807, 2.05) is 12.1 Å². The second-order valence-corrected chi connectivity index (χ2v) is 3.14. The number of aromatic amines is 1. The van der Waals surface area contributed by atoms with E-state index < -0.39 is 0 Å². The van der Waals surface area contributed by atoms with Crippen molar-refractivity contribution in [2.75, 3.05) is 0 Å². The van der Waals surface area contributed by atoms with Crippen LogP contribution in [0.5, 0.6) is 0 Å². The van der Waals surface area contributed by atoms with Gasteiger partial charge in [-0.15, -0.1) is 0 Å². The van der Waals surface area contributed by atoms with Gasteiger partial charge >= 0.3 is 4.84 Å². The number of hydrogen-bond acceptors (Lipinski definition) is 4. The highest BCUT2D eigenvalue weighted by Gasteiger charge is 2.07. The summed E-state index contributed by atoms with van der Waals surface area (Å²) in [6.45, 7) is 2.06. The summed E-state index contributed by atoms with van der Waals surface area (Å²) < 4.78 is 4.86. The van der Waals surface area contributed by atoms with Crippen molar-refractivity contribution >= 4 is 12.2 Å². The maximum atomic E-state index is 4.86. The zero-order valence-corrected chi connectivity index (χ0v) is 8.47. The van der Waals surface area contributed by atoms with Crippen LogP contribution in [-0.2, 0) is 6.42 Å². The number of aromatic nitrogens is 3.